The van der Waals surface area contributed by atoms with Crippen molar-refractivity contribution in [3.8, 4) is 11.5 Å². The molecule has 0 radical (unpaired) electrons. The zero-order chi connectivity index (χ0) is 12.9. The molecular formula is C11H8BrF3O3. The van der Waals surface area contributed by atoms with Gasteiger partial charge in [-0.3, -0.25) is 0 Å². The Balaban J connectivity index is 1.85. The van der Waals surface area contributed by atoms with Gasteiger partial charge >= 0.3 is 6.18 Å². The number of ether oxygens (including phenoxy) is 3. The molecule has 7 heteroatoms. The Bertz CT molecular complexity index is 489. The lowest BCUT2D eigenvalue weighted by Crippen LogP contribution is -2.11. The molecule has 1 fully saturated rings. The summed E-state index contributed by atoms with van der Waals surface area (Å²) in [4.78, 5) is 0. The highest BCUT2D eigenvalue weighted by molar-refractivity contribution is 9.10. The van der Waals surface area contributed by atoms with E-state index in [1.807, 2.05) is 0 Å². The molecule has 0 aromatic heterocycles. The zero-order valence-corrected chi connectivity index (χ0v) is 10.5. The summed E-state index contributed by atoms with van der Waals surface area (Å²) in [5.74, 6) is 1.01. The van der Waals surface area contributed by atoms with Crippen LogP contribution in [0.4, 0.5) is 13.2 Å². The van der Waals surface area contributed by atoms with E-state index in [2.05, 4.69) is 15.9 Å². The fourth-order valence-electron chi connectivity index (χ4n) is 2.02. The van der Waals surface area contributed by atoms with Crippen molar-refractivity contribution < 1.29 is 27.4 Å². The molecule has 0 spiro atoms. The lowest BCUT2D eigenvalue weighted by atomic mass is 10.1. The highest BCUT2D eigenvalue weighted by Crippen LogP contribution is 2.53. The maximum Gasteiger partial charge on any atom is 0.391 e. The number of hydrogen-bond donors (Lipinski definition) is 0. The van der Waals surface area contributed by atoms with Crippen LogP contribution < -0.4 is 9.47 Å². The van der Waals surface area contributed by atoms with Crippen molar-refractivity contribution in [3.05, 3.63) is 22.2 Å². The van der Waals surface area contributed by atoms with E-state index < -0.39 is 24.8 Å². The predicted molar refractivity (Wildman–Crippen MR) is 58.6 cm³/mol. The van der Waals surface area contributed by atoms with Gasteiger partial charge in [-0.25, -0.2) is 0 Å². The number of rotatable bonds is 2. The average molecular weight is 325 g/mol. The Labute approximate surface area is 109 Å². The van der Waals surface area contributed by atoms with Crippen molar-refractivity contribution >= 4 is 15.9 Å². The van der Waals surface area contributed by atoms with Crippen LogP contribution >= 0.6 is 15.9 Å². The molecule has 2 heterocycles. The van der Waals surface area contributed by atoms with E-state index in [-0.39, 0.29) is 6.79 Å². The minimum Gasteiger partial charge on any atom is -0.454 e. The van der Waals surface area contributed by atoms with E-state index >= 15 is 0 Å². The van der Waals surface area contributed by atoms with Crippen LogP contribution in [0.15, 0.2) is 16.6 Å². The zero-order valence-electron chi connectivity index (χ0n) is 8.96. The Kier molecular flexibility index (Phi) is 2.71. The smallest absolute Gasteiger partial charge is 0.391 e. The summed E-state index contributed by atoms with van der Waals surface area (Å²) in [6, 6.07) is 3.42. The highest BCUT2D eigenvalue weighted by atomic mass is 79.9. The summed E-state index contributed by atoms with van der Waals surface area (Å²) in [7, 11) is 0. The van der Waals surface area contributed by atoms with E-state index in [1.54, 1.807) is 12.1 Å². The lowest BCUT2D eigenvalue weighted by Gasteiger charge is -2.06. The summed E-state index contributed by atoms with van der Waals surface area (Å²) >= 11 is 3.30. The summed E-state index contributed by atoms with van der Waals surface area (Å²) in [6.45, 7) is 0.0788. The monoisotopic (exact) mass is 324 g/mol. The van der Waals surface area contributed by atoms with Gasteiger partial charge in [0.1, 0.15) is 6.10 Å². The van der Waals surface area contributed by atoms with Gasteiger partial charge in [0.2, 0.25) is 6.79 Å². The van der Waals surface area contributed by atoms with E-state index in [1.165, 1.54) is 0 Å². The third-order valence-electron chi connectivity index (χ3n) is 2.82. The number of halogens is 4. The quantitative estimate of drug-likeness (QED) is 0.779. The number of alkyl halides is 3. The van der Waals surface area contributed by atoms with Crippen LogP contribution in [0.1, 0.15) is 18.1 Å². The fraction of sp³-hybridized carbons (Fsp3) is 0.455. The van der Waals surface area contributed by atoms with Crippen molar-refractivity contribution in [2.24, 2.45) is 0 Å². The summed E-state index contributed by atoms with van der Waals surface area (Å²) in [5.41, 5.74) is 0.597. The molecule has 0 unspecified atom stereocenters. The van der Waals surface area contributed by atoms with Gasteiger partial charge in [0.25, 0.3) is 0 Å². The lowest BCUT2D eigenvalue weighted by molar-refractivity contribution is -0.137. The fourth-order valence-corrected chi connectivity index (χ4v) is 2.55. The van der Waals surface area contributed by atoms with Crippen LogP contribution in [0.2, 0.25) is 0 Å². The molecule has 1 aromatic carbocycles. The molecule has 0 N–H and O–H groups in total. The minimum atomic E-state index is -4.22. The maximum absolute atomic E-state index is 12.3. The van der Waals surface area contributed by atoms with Crippen LogP contribution in [-0.4, -0.2) is 19.1 Å². The van der Waals surface area contributed by atoms with Crippen LogP contribution in [0.25, 0.3) is 0 Å². The van der Waals surface area contributed by atoms with Gasteiger partial charge in [0.15, 0.2) is 11.5 Å². The van der Waals surface area contributed by atoms with Gasteiger partial charge in [-0.15, -0.1) is 0 Å². The van der Waals surface area contributed by atoms with Crippen LogP contribution in [0, 0.1) is 0 Å². The van der Waals surface area contributed by atoms with E-state index in [9.17, 15) is 13.2 Å². The largest absolute Gasteiger partial charge is 0.454 e. The molecule has 0 aliphatic carbocycles. The molecule has 2 atom stereocenters. The summed E-state index contributed by atoms with van der Waals surface area (Å²) in [5, 5.41) is 0. The molecule has 98 valence electrons. The van der Waals surface area contributed by atoms with Gasteiger partial charge in [0.05, 0.1) is 12.5 Å². The number of benzene rings is 1. The molecule has 18 heavy (non-hydrogen) atoms. The first-order valence-corrected chi connectivity index (χ1v) is 6.05. The number of fused-ring (bicyclic) bond motifs is 1. The maximum atomic E-state index is 12.3. The SMILES string of the molecule is FC(F)(F)C[C@H]1O[C@@H]1c1c(Br)ccc2c1OCO2. The Morgan fingerprint density at radius 1 is 1.28 bits per heavy atom. The van der Waals surface area contributed by atoms with Gasteiger partial charge < -0.3 is 14.2 Å². The molecule has 1 saturated heterocycles. The first-order valence-electron chi connectivity index (χ1n) is 5.26. The standard InChI is InChI=1S/C11H8BrF3O3/c12-5-1-2-6-9(17-4-16-6)8(5)10-7(18-10)3-11(13,14)15/h1-2,7,10H,3-4H2/t7-,10+/m1/s1. The van der Waals surface area contributed by atoms with Crippen molar-refractivity contribution in [1.82, 2.24) is 0 Å². The van der Waals surface area contributed by atoms with Crippen LogP contribution in [-0.2, 0) is 4.74 Å². The molecule has 2 aliphatic heterocycles. The van der Waals surface area contributed by atoms with Crippen molar-refractivity contribution in [3.63, 3.8) is 0 Å². The molecule has 0 saturated carbocycles. The third-order valence-corrected chi connectivity index (χ3v) is 3.52. The van der Waals surface area contributed by atoms with Gasteiger partial charge in [-0.2, -0.15) is 13.2 Å². The Hall–Kier alpha value is -0.950. The normalized spacial score (nSPS) is 25.3. The van der Waals surface area contributed by atoms with Gasteiger partial charge in [-0.05, 0) is 12.1 Å². The highest BCUT2D eigenvalue weighted by Gasteiger charge is 2.50. The van der Waals surface area contributed by atoms with E-state index in [4.69, 9.17) is 14.2 Å². The molecule has 3 nitrogen and oxygen atoms in total. The first-order chi connectivity index (χ1) is 8.46. The second-order valence-electron chi connectivity index (χ2n) is 4.11. The second kappa shape index (κ2) is 4.03. The average Bonchev–Trinajstić information content (AvgIpc) is 2.82. The molecule has 0 amide bonds. The Morgan fingerprint density at radius 3 is 2.78 bits per heavy atom. The van der Waals surface area contributed by atoms with E-state index in [0.717, 1.165) is 0 Å². The molecule has 3 rings (SSSR count). The third kappa shape index (κ3) is 2.16. The topological polar surface area (TPSA) is 31.0 Å². The van der Waals surface area contributed by atoms with Gasteiger partial charge in [0, 0.05) is 10.0 Å². The van der Waals surface area contributed by atoms with Crippen molar-refractivity contribution in [2.45, 2.75) is 24.8 Å². The Morgan fingerprint density at radius 2 is 2.06 bits per heavy atom. The van der Waals surface area contributed by atoms with Crippen molar-refractivity contribution in [1.29, 1.82) is 0 Å². The summed E-state index contributed by atoms with van der Waals surface area (Å²) in [6.07, 6.45) is -6.59. The van der Waals surface area contributed by atoms with Gasteiger partial charge in [-0.1, -0.05) is 15.9 Å². The number of epoxide rings is 1. The van der Waals surface area contributed by atoms with E-state index in [0.29, 0.717) is 21.5 Å². The predicted octanol–water partition coefficient (Wildman–Crippen LogP) is 3.57. The second-order valence-corrected chi connectivity index (χ2v) is 4.96. The van der Waals surface area contributed by atoms with Crippen LogP contribution in [0.3, 0.4) is 0 Å². The minimum absolute atomic E-state index is 0.0788. The molecule has 2 aliphatic rings. The molecule has 1 aromatic rings. The molecule has 0 bridgehead atoms. The first kappa shape index (κ1) is 12.1. The van der Waals surface area contributed by atoms with Crippen LogP contribution in [0.5, 0.6) is 11.5 Å². The number of hydrogen-bond acceptors (Lipinski definition) is 3. The summed E-state index contributed by atoms with van der Waals surface area (Å²) < 4.78 is 53.0. The molecular weight excluding hydrogens is 317 g/mol. The van der Waals surface area contributed by atoms with Crippen molar-refractivity contribution in [2.75, 3.05) is 6.79 Å².